The van der Waals surface area contributed by atoms with Crippen LogP contribution in [0.5, 0.6) is 0 Å². The van der Waals surface area contributed by atoms with Crippen molar-refractivity contribution in [2.45, 2.75) is 22.3 Å². The summed E-state index contributed by atoms with van der Waals surface area (Å²) in [5.74, 6) is 0. The van der Waals surface area contributed by atoms with Crippen molar-refractivity contribution < 1.29 is 0 Å². The molecular formula is C18H19ClN2S. The molecule has 0 saturated carbocycles. The number of fused-ring (bicyclic) bond motifs is 2. The molecule has 2 aromatic rings. The van der Waals surface area contributed by atoms with Crippen LogP contribution in [0.2, 0.25) is 5.02 Å². The van der Waals surface area contributed by atoms with Gasteiger partial charge in [-0.05, 0) is 41.8 Å². The molecule has 2 aromatic carbocycles. The Balaban J connectivity index is 1.78. The SMILES string of the molecule is Clc1ccc2c(c1)CC(N1CCNCC1)c1ccccc1S2. The molecule has 0 aliphatic carbocycles. The van der Waals surface area contributed by atoms with Crippen LogP contribution in [0.1, 0.15) is 17.2 Å². The Morgan fingerprint density at radius 2 is 1.86 bits per heavy atom. The van der Waals surface area contributed by atoms with E-state index in [1.165, 1.54) is 20.9 Å². The highest BCUT2D eigenvalue weighted by atomic mass is 35.5. The second kappa shape index (κ2) is 6.25. The van der Waals surface area contributed by atoms with E-state index < -0.39 is 0 Å². The van der Waals surface area contributed by atoms with Gasteiger partial charge in [-0.15, -0.1) is 0 Å². The van der Waals surface area contributed by atoms with E-state index in [1.54, 1.807) is 0 Å². The van der Waals surface area contributed by atoms with E-state index in [-0.39, 0.29) is 0 Å². The van der Waals surface area contributed by atoms with Gasteiger partial charge >= 0.3 is 0 Å². The number of nitrogens with one attached hydrogen (secondary N) is 1. The van der Waals surface area contributed by atoms with Crippen molar-refractivity contribution in [3.63, 3.8) is 0 Å². The van der Waals surface area contributed by atoms with Gasteiger partial charge in [-0.2, -0.15) is 0 Å². The molecule has 1 saturated heterocycles. The number of benzene rings is 2. The number of halogens is 1. The third kappa shape index (κ3) is 2.79. The average Bonchev–Trinajstić information content (AvgIpc) is 2.72. The smallest absolute Gasteiger partial charge is 0.0409 e. The fraction of sp³-hybridized carbons (Fsp3) is 0.333. The monoisotopic (exact) mass is 330 g/mol. The molecule has 2 heterocycles. The van der Waals surface area contributed by atoms with Crippen LogP contribution in [0.15, 0.2) is 52.3 Å². The summed E-state index contributed by atoms with van der Waals surface area (Å²) in [5, 5.41) is 4.29. The molecule has 0 bridgehead atoms. The van der Waals surface area contributed by atoms with Gasteiger partial charge in [-0.3, -0.25) is 4.90 Å². The molecule has 0 amide bonds. The summed E-state index contributed by atoms with van der Waals surface area (Å²) in [7, 11) is 0. The van der Waals surface area contributed by atoms with Crippen molar-refractivity contribution in [2.75, 3.05) is 26.2 Å². The van der Waals surface area contributed by atoms with Gasteiger partial charge in [0.1, 0.15) is 0 Å². The summed E-state index contributed by atoms with van der Waals surface area (Å²) < 4.78 is 0. The van der Waals surface area contributed by atoms with E-state index in [1.807, 2.05) is 17.8 Å². The molecule has 0 aromatic heterocycles. The first kappa shape index (κ1) is 14.6. The largest absolute Gasteiger partial charge is 0.314 e. The zero-order valence-electron chi connectivity index (χ0n) is 12.4. The van der Waals surface area contributed by atoms with Crippen molar-refractivity contribution in [3.05, 3.63) is 58.6 Å². The second-order valence-corrected chi connectivity index (χ2v) is 7.42. The Morgan fingerprint density at radius 1 is 1.05 bits per heavy atom. The molecule has 1 unspecified atom stereocenters. The molecule has 4 heteroatoms. The Hall–Kier alpha value is -1.00. The molecular weight excluding hydrogens is 312 g/mol. The maximum absolute atomic E-state index is 6.24. The van der Waals surface area contributed by atoms with Gasteiger partial charge in [0.25, 0.3) is 0 Å². The van der Waals surface area contributed by atoms with Crippen LogP contribution >= 0.6 is 23.4 Å². The van der Waals surface area contributed by atoms with Gasteiger partial charge in [0.05, 0.1) is 0 Å². The van der Waals surface area contributed by atoms with Gasteiger partial charge in [0.15, 0.2) is 0 Å². The topological polar surface area (TPSA) is 15.3 Å². The fourth-order valence-electron chi connectivity index (χ4n) is 3.41. The highest BCUT2D eigenvalue weighted by molar-refractivity contribution is 7.99. The number of hydrogen-bond donors (Lipinski definition) is 1. The van der Waals surface area contributed by atoms with Crippen molar-refractivity contribution in [1.29, 1.82) is 0 Å². The van der Waals surface area contributed by atoms with Crippen LogP contribution in [-0.2, 0) is 6.42 Å². The lowest BCUT2D eigenvalue weighted by molar-refractivity contribution is 0.170. The van der Waals surface area contributed by atoms with Crippen LogP contribution in [-0.4, -0.2) is 31.1 Å². The molecule has 2 aliphatic heterocycles. The molecule has 114 valence electrons. The minimum absolute atomic E-state index is 0.450. The lowest BCUT2D eigenvalue weighted by Crippen LogP contribution is -2.45. The molecule has 2 nitrogen and oxygen atoms in total. The average molecular weight is 331 g/mol. The molecule has 0 radical (unpaired) electrons. The Bertz CT molecular complexity index is 683. The van der Waals surface area contributed by atoms with Crippen molar-refractivity contribution >= 4 is 23.4 Å². The van der Waals surface area contributed by atoms with E-state index in [2.05, 4.69) is 46.6 Å². The fourth-order valence-corrected chi connectivity index (χ4v) is 4.72. The first-order chi connectivity index (χ1) is 10.8. The van der Waals surface area contributed by atoms with Gasteiger partial charge in [0, 0.05) is 47.0 Å². The summed E-state index contributed by atoms with van der Waals surface area (Å²) in [6.07, 6.45) is 1.04. The summed E-state index contributed by atoms with van der Waals surface area (Å²) in [6, 6.07) is 15.6. The highest BCUT2D eigenvalue weighted by Crippen LogP contribution is 2.43. The van der Waals surface area contributed by atoms with Crippen LogP contribution in [0, 0.1) is 0 Å². The van der Waals surface area contributed by atoms with Crippen molar-refractivity contribution in [1.82, 2.24) is 10.2 Å². The van der Waals surface area contributed by atoms with Crippen LogP contribution in [0.3, 0.4) is 0 Å². The standard InChI is InChI=1S/C18H19ClN2S/c19-14-5-6-17-13(11-14)12-16(21-9-7-20-8-10-21)15-3-1-2-4-18(15)22-17/h1-6,11,16,20H,7-10,12H2. The van der Waals surface area contributed by atoms with Gasteiger partial charge in [-0.1, -0.05) is 41.6 Å². The Kier molecular flexibility index (Phi) is 4.14. The van der Waals surface area contributed by atoms with Gasteiger partial charge in [-0.25, -0.2) is 0 Å². The first-order valence-electron chi connectivity index (χ1n) is 7.81. The molecule has 2 aliphatic rings. The molecule has 1 atom stereocenters. The zero-order valence-corrected chi connectivity index (χ0v) is 14.0. The minimum atomic E-state index is 0.450. The number of rotatable bonds is 1. The molecule has 22 heavy (non-hydrogen) atoms. The van der Waals surface area contributed by atoms with E-state index in [9.17, 15) is 0 Å². The summed E-state index contributed by atoms with van der Waals surface area (Å²) in [6.45, 7) is 4.38. The number of hydrogen-bond acceptors (Lipinski definition) is 3. The minimum Gasteiger partial charge on any atom is -0.314 e. The maximum atomic E-state index is 6.24. The Labute approximate surface area is 140 Å². The van der Waals surface area contributed by atoms with Crippen LogP contribution in [0.25, 0.3) is 0 Å². The third-order valence-electron chi connectivity index (χ3n) is 4.53. The maximum Gasteiger partial charge on any atom is 0.0409 e. The quantitative estimate of drug-likeness (QED) is 0.851. The van der Waals surface area contributed by atoms with Crippen molar-refractivity contribution in [2.24, 2.45) is 0 Å². The third-order valence-corrected chi connectivity index (χ3v) is 5.97. The molecule has 0 spiro atoms. The Morgan fingerprint density at radius 3 is 2.73 bits per heavy atom. The summed E-state index contributed by atoms with van der Waals surface area (Å²) in [4.78, 5) is 5.34. The normalized spacial score (nSPS) is 21.8. The van der Waals surface area contributed by atoms with Gasteiger partial charge in [0.2, 0.25) is 0 Å². The van der Waals surface area contributed by atoms with Crippen LogP contribution in [0.4, 0.5) is 0 Å². The molecule has 1 N–H and O–H groups in total. The van der Waals surface area contributed by atoms with E-state index >= 15 is 0 Å². The number of piperazine rings is 1. The summed E-state index contributed by atoms with van der Waals surface area (Å²) in [5.41, 5.74) is 2.83. The van der Waals surface area contributed by atoms with E-state index in [4.69, 9.17) is 11.6 Å². The highest BCUT2D eigenvalue weighted by Gasteiger charge is 2.28. The van der Waals surface area contributed by atoms with E-state index in [0.29, 0.717) is 6.04 Å². The van der Waals surface area contributed by atoms with Crippen molar-refractivity contribution in [3.8, 4) is 0 Å². The van der Waals surface area contributed by atoms with E-state index in [0.717, 1.165) is 37.6 Å². The second-order valence-electron chi connectivity index (χ2n) is 5.90. The number of nitrogens with zero attached hydrogens (tertiary/aromatic N) is 1. The predicted molar refractivity (Wildman–Crippen MR) is 92.9 cm³/mol. The van der Waals surface area contributed by atoms with Gasteiger partial charge < -0.3 is 5.32 Å². The lowest BCUT2D eigenvalue weighted by atomic mass is 9.97. The zero-order chi connectivity index (χ0) is 14.9. The lowest BCUT2D eigenvalue weighted by Gasteiger charge is -2.35. The van der Waals surface area contributed by atoms with Crippen LogP contribution < -0.4 is 5.32 Å². The molecule has 1 fully saturated rings. The predicted octanol–water partition coefficient (Wildman–Crippen LogP) is 3.99. The first-order valence-corrected chi connectivity index (χ1v) is 9.01. The molecule has 4 rings (SSSR count). The summed E-state index contributed by atoms with van der Waals surface area (Å²) >= 11 is 8.12.